The van der Waals surface area contributed by atoms with Gasteiger partial charge in [0.2, 0.25) is 0 Å². The van der Waals surface area contributed by atoms with Gasteiger partial charge in [0.05, 0.1) is 0 Å². The third kappa shape index (κ3) is 7.41. The lowest BCUT2D eigenvalue weighted by Crippen LogP contribution is -2.01. The predicted molar refractivity (Wildman–Crippen MR) is 39.3 cm³/mol. The second-order valence-electron chi connectivity index (χ2n) is 3.33. The van der Waals surface area contributed by atoms with Gasteiger partial charge in [-0.05, 0) is 17.9 Å². The van der Waals surface area contributed by atoms with E-state index in [1.54, 1.807) is 6.08 Å². The highest BCUT2D eigenvalue weighted by Crippen LogP contribution is 2.18. The summed E-state index contributed by atoms with van der Waals surface area (Å²) in [5.74, 6) is 0. The van der Waals surface area contributed by atoms with Crippen molar-refractivity contribution in [1.29, 1.82) is 0 Å². The molecule has 0 saturated carbocycles. The van der Waals surface area contributed by atoms with Crippen molar-refractivity contribution < 1.29 is 4.79 Å². The molecule has 9 heavy (non-hydrogen) atoms. The molecule has 0 spiro atoms. The summed E-state index contributed by atoms with van der Waals surface area (Å²) in [6.07, 6.45) is 5.22. The van der Waals surface area contributed by atoms with E-state index >= 15 is 0 Å². The van der Waals surface area contributed by atoms with Crippen molar-refractivity contribution in [2.75, 3.05) is 0 Å². The van der Waals surface area contributed by atoms with Crippen LogP contribution in [0.25, 0.3) is 0 Å². The van der Waals surface area contributed by atoms with Gasteiger partial charge in [0.1, 0.15) is 6.29 Å². The SMILES string of the molecule is CC(C)(C)CC=CC=O. The smallest absolute Gasteiger partial charge is 0.142 e. The summed E-state index contributed by atoms with van der Waals surface area (Å²) in [7, 11) is 0. The second-order valence-corrected chi connectivity index (χ2v) is 3.33. The summed E-state index contributed by atoms with van der Waals surface area (Å²) in [5, 5.41) is 0. The average molecular weight is 126 g/mol. The molecular weight excluding hydrogens is 112 g/mol. The molecule has 0 atom stereocenters. The molecule has 0 aromatic rings. The average Bonchev–Trinajstić information content (AvgIpc) is 1.63. The summed E-state index contributed by atoms with van der Waals surface area (Å²) >= 11 is 0. The molecule has 0 aliphatic heterocycles. The maximum Gasteiger partial charge on any atom is 0.142 e. The lowest BCUT2D eigenvalue weighted by molar-refractivity contribution is -0.104. The highest BCUT2D eigenvalue weighted by molar-refractivity contribution is 5.64. The van der Waals surface area contributed by atoms with Gasteiger partial charge in [0, 0.05) is 0 Å². The molecule has 0 rings (SSSR count). The normalized spacial score (nSPS) is 12.3. The van der Waals surface area contributed by atoms with Crippen LogP contribution in [0.15, 0.2) is 12.2 Å². The van der Waals surface area contributed by atoms with Gasteiger partial charge in [0.15, 0.2) is 0 Å². The quantitative estimate of drug-likeness (QED) is 0.409. The molecule has 1 heteroatoms. The van der Waals surface area contributed by atoms with Crippen molar-refractivity contribution in [1.82, 2.24) is 0 Å². The number of hydrogen-bond acceptors (Lipinski definition) is 1. The Kier molecular flexibility index (Phi) is 3.21. The van der Waals surface area contributed by atoms with E-state index in [0.717, 1.165) is 12.7 Å². The summed E-state index contributed by atoms with van der Waals surface area (Å²) in [6.45, 7) is 6.42. The summed E-state index contributed by atoms with van der Waals surface area (Å²) in [4.78, 5) is 9.80. The van der Waals surface area contributed by atoms with E-state index < -0.39 is 0 Å². The van der Waals surface area contributed by atoms with Crippen molar-refractivity contribution in [3.63, 3.8) is 0 Å². The number of carbonyl (C=O) groups excluding carboxylic acids is 1. The largest absolute Gasteiger partial charge is 0.299 e. The van der Waals surface area contributed by atoms with Crippen LogP contribution in [0.1, 0.15) is 27.2 Å². The summed E-state index contributed by atoms with van der Waals surface area (Å²) < 4.78 is 0. The van der Waals surface area contributed by atoms with Crippen molar-refractivity contribution in [2.45, 2.75) is 27.2 Å². The first-order chi connectivity index (χ1) is 4.06. The highest BCUT2D eigenvalue weighted by atomic mass is 16.1. The highest BCUT2D eigenvalue weighted by Gasteiger charge is 2.05. The van der Waals surface area contributed by atoms with Crippen LogP contribution in [0.4, 0.5) is 0 Å². The molecular formula is C8H14O. The maximum absolute atomic E-state index is 9.80. The Morgan fingerprint density at radius 1 is 1.33 bits per heavy atom. The van der Waals surface area contributed by atoms with Crippen molar-refractivity contribution >= 4 is 6.29 Å². The fourth-order valence-electron chi connectivity index (χ4n) is 0.477. The van der Waals surface area contributed by atoms with Gasteiger partial charge >= 0.3 is 0 Å². The molecule has 0 amide bonds. The van der Waals surface area contributed by atoms with E-state index in [4.69, 9.17) is 0 Å². The zero-order valence-corrected chi connectivity index (χ0v) is 6.35. The monoisotopic (exact) mass is 126 g/mol. The molecule has 0 saturated heterocycles. The molecule has 0 N–H and O–H groups in total. The second kappa shape index (κ2) is 3.44. The third-order valence-electron chi connectivity index (χ3n) is 0.945. The Morgan fingerprint density at radius 2 is 1.89 bits per heavy atom. The number of carbonyl (C=O) groups is 1. The van der Waals surface area contributed by atoms with Crippen LogP contribution in [-0.4, -0.2) is 6.29 Å². The van der Waals surface area contributed by atoms with E-state index in [-0.39, 0.29) is 0 Å². The Labute approximate surface area is 56.8 Å². The fraction of sp³-hybridized carbons (Fsp3) is 0.625. The number of allylic oxidation sites excluding steroid dienone is 2. The molecule has 0 heterocycles. The Hall–Kier alpha value is -0.590. The summed E-state index contributed by atoms with van der Waals surface area (Å²) in [5.41, 5.74) is 0.305. The molecule has 0 fully saturated rings. The van der Waals surface area contributed by atoms with Gasteiger partial charge in [0.25, 0.3) is 0 Å². The number of hydrogen-bond donors (Lipinski definition) is 0. The lowest BCUT2D eigenvalue weighted by atomic mass is 9.92. The standard InChI is InChI=1S/C8H14O/c1-8(2,3)6-4-5-7-9/h4-5,7H,6H2,1-3H3. The molecule has 1 nitrogen and oxygen atoms in total. The van der Waals surface area contributed by atoms with Gasteiger partial charge in [-0.3, -0.25) is 4.79 Å². The van der Waals surface area contributed by atoms with Crippen molar-refractivity contribution in [3.8, 4) is 0 Å². The zero-order valence-electron chi connectivity index (χ0n) is 6.35. The van der Waals surface area contributed by atoms with Crippen LogP contribution >= 0.6 is 0 Å². The Balaban J connectivity index is 3.50. The van der Waals surface area contributed by atoms with Gasteiger partial charge in [-0.25, -0.2) is 0 Å². The minimum absolute atomic E-state index is 0.305. The third-order valence-corrected chi connectivity index (χ3v) is 0.945. The zero-order chi connectivity index (χ0) is 7.33. The minimum atomic E-state index is 0.305. The van der Waals surface area contributed by atoms with E-state index in [1.165, 1.54) is 0 Å². The topological polar surface area (TPSA) is 17.1 Å². The van der Waals surface area contributed by atoms with Gasteiger partial charge in [-0.2, -0.15) is 0 Å². The molecule has 52 valence electrons. The van der Waals surface area contributed by atoms with Crippen LogP contribution < -0.4 is 0 Å². The van der Waals surface area contributed by atoms with Crippen molar-refractivity contribution in [3.05, 3.63) is 12.2 Å². The van der Waals surface area contributed by atoms with Crippen LogP contribution in [0.5, 0.6) is 0 Å². The summed E-state index contributed by atoms with van der Waals surface area (Å²) in [6, 6.07) is 0. The van der Waals surface area contributed by atoms with Crippen LogP contribution in [0, 0.1) is 5.41 Å². The fourth-order valence-corrected chi connectivity index (χ4v) is 0.477. The first-order valence-electron chi connectivity index (χ1n) is 3.16. The van der Waals surface area contributed by atoms with Crippen LogP contribution in [0.3, 0.4) is 0 Å². The van der Waals surface area contributed by atoms with E-state index in [1.807, 2.05) is 6.08 Å². The Bertz CT molecular complexity index is 106. The van der Waals surface area contributed by atoms with E-state index in [2.05, 4.69) is 20.8 Å². The first kappa shape index (κ1) is 8.41. The molecule has 0 aromatic heterocycles. The van der Waals surface area contributed by atoms with E-state index in [0.29, 0.717) is 5.41 Å². The van der Waals surface area contributed by atoms with Crippen LogP contribution in [0.2, 0.25) is 0 Å². The molecule has 0 bridgehead atoms. The predicted octanol–water partition coefficient (Wildman–Crippen LogP) is 2.18. The van der Waals surface area contributed by atoms with Gasteiger partial charge < -0.3 is 0 Å². The number of rotatable bonds is 2. The lowest BCUT2D eigenvalue weighted by Gasteiger charge is -2.13. The van der Waals surface area contributed by atoms with Gasteiger partial charge in [-0.1, -0.05) is 26.8 Å². The molecule has 0 unspecified atom stereocenters. The first-order valence-corrected chi connectivity index (χ1v) is 3.16. The van der Waals surface area contributed by atoms with Crippen molar-refractivity contribution in [2.24, 2.45) is 5.41 Å². The van der Waals surface area contributed by atoms with Crippen LogP contribution in [-0.2, 0) is 4.79 Å². The van der Waals surface area contributed by atoms with Gasteiger partial charge in [-0.15, -0.1) is 0 Å². The molecule has 0 radical (unpaired) electrons. The molecule has 0 aromatic carbocycles. The maximum atomic E-state index is 9.80. The van der Waals surface area contributed by atoms with E-state index in [9.17, 15) is 4.79 Å². The Morgan fingerprint density at radius 3 is 2.22 bits per heavy atom. The number of aldehydes is 1. The molecule has 0 aliphatic carbocycles. The molecule has 0 aliphatic rings. The minimum Gasteiger partial charge on any atom is -0.299 e.